The number of hydrogen-bond donors (Lipinski definition) is 0. The van der Waals surface area contributed by atoms with Gasteiger partial charge in [-0.25, -0.2) is 9.00 Å². The second-order valence-corrected chi connectivity index (χ2v) is 16.0. The largest absolute Gasteiger partial charge is 0.464 e. The molecule has 142 valence electrons. The Balaban J connectivity index is 2.27. The highest BCUT2D eigenvalue weighted by molar-refractivity contribution is 8.71. The summed E-state index contributed by atoms with van der Waals surface area (Å²) in [4.78, 5) is 26.7. The van der Waals surface area contributed by atoms with Crippen molar-refractivity contribution in [3.63, 3.8) is 0 Å². The van der Waals surface area contributed by atoms with Gasteiger partial charge in [0.25, 0.3) is 0 Å². The van der Waals surface area contributed by atoms with E-state index in [-0.39, 0.29) is 22.7 Å². The number of amides is 1. The number of hydrogen-bond acceptors (Lipinski definition) is 6. The molecule has 0 bridgehead atoms. The summed E-state index contributed by atoms with van der Waals surface area (Å²) in [5, 5.41) is -0.530. The molecule has 0 aromatic carbocycles. The Kier molecular flexibility index (Phi) is 5.64. The topological polar surface area (TPSA) is 72.9 Å². The molecule has 6 nitrogen and oxygen atoms in total. The second-order valence-electron chi connectivity index (χ2n) is 7.95. The van der Waals surface area contributed by atoms with E-state index in [9.17, 15) is 13.8 Å². The number of methoxy groups -OCH3 is 1. The molecule has 0 spiro atoms. The third-order valence-corrected chi connectivity index (χ3v) is 13.1. The predicted octanol–water partition coefficient (Wildman–Crippen LogP) is 3.00. The van der Waals surface area contributed by atoms with Crippen LogP contribution in [-0.4, -0.2) is 47.9 Å². The molecule has 1 amide bonds. The van der Waals surface area contributed by atoms with Crippen LogP contribution in [0.4, 0.5) is 0 Å². The summed E-state index contributed by atoms with van der Waals surface area (Å²) < 4.78 is 23.7. The number of rotatable bonds is 4. The fourth-order valence-electron chi connectivity index (χ4n) is 2.80. The zero-order valence-corrected chi connectivity index (χ0v) is 18.7. The number of ether oxygens (including phenoxy) is 1. The normalized spacial score (nSPS) is 28.4. The van der Waals surface area contributed by atoms with E-state index in [1.54, 1.807) is 6.92 Å². The lowest BCUT2D eigenvalue weighted by Gasteiger charge is -2.52. The van der Waals surface area contributed by atoms with Crippen LogP contribution in [-0.2, 0) is 28.6 Å². The summed E-state index contributed by atoms with van der Waals surface area (Å²) in [6.07, 6.45) is -0.350. The molecule has 2 rings (SSSR count). The summed E-state index contributed by atoms with van der Waals surface area (Å²) in [6, 6.07) is 0. The van der Waals surface area contributed by atoms with Crippen LogP contribution in [0, 0.1) is 5.92 Å². The molecule has 1 unspecified atom stereocenters. The number of carbonyl (C=O) groups is 2. The Morgan fingerprint density at radius 3 is 2.40 bits per heavy atom. The van der Waals surface area contributed by atoms with Crippen molar-refractivity contribution >= 4 is 40.8 Å². The Hall–Kier alpha value is -0.643. The van der Waals surface area contributed by atoms with E-state index in [0.29, 0.717) is 4.91 Å². The molecule has 25 heavy (non-hydrogen) atoms. The SMILES string of the molecule is COC(=O)C1=C(C)SS(=O)[C@@H]2[C@@H]([C@@H](C)O[Si](C)(C)C(C)(C)C)C(=O)N12. The molecule has 0 aliphatic carbocycles. The molecule has 1 saturated heterocycles. The van der Waals surface area contributed by atoms with Crippen LogP contribution in [0.2, 0.25) is 18.1 Å². The number of nitrogens with zero attached hydrogens (tertiary/aromatic N) is 1. The van der Waals surface area contributed by atoms with Gasteiger partial charge in [-0.15, -0.1) is 0 Å². The predicted molar refractivity (Wildman–Crippen MR) is 102 cm³/mol. The van der Waals surface area contributed by atoms with Crippen LogP contribution in [0.1, 0.15) is 34.6 Å². The minimum absolute atomic E-state index is 0.0158. The molecule has 0 aromatic rings. The monoisotopic (exact) mass is 405 g/mol. The number of β-lactam (4-membered cyclic amide) rings is 1. The van der Waals surface area contributed by atoms with Crippen molar-refractivity contribution in [3.05, 3.63) is 10.6 Å². The van der Waals surface area contributed by atoms with Gasteiger partial charge in [0.15, 0.2) is 8.32 Å². The minimum Gasteiger partial charge on any atom is -0.464 e. The molecule has 2 aliphatic heterocycles. The van der Waals surface area contributed by atoms with Gasteiger partial charge in [0.2, 0.25) is 5.91 Å². The van der Waals surface area contributed by atoms with Gasteiger partial charge in [-0.3, -0.25) is 9.69 Å². The Morgan fingerprint density at radius 1 is 1.36 bits per heavy atom. The van der Waals surface area contributed by atoms with Crippen LogP contribution in [0.25, 0.3) is 0 Å². The van der Waals surface area contributed by atoms with Crippen molar-refractivity contribution in [3.8, 4) is 0 Å². The molecule has 1 fully saturated rings. The van der Waals surface area contributed by atoms with Gasteiger partial charge in [-0.1, -0.05) is 20.8 Å². The molecular formula is C16H27NO5S2Si. The molecule has 9 heteroatoms. The fourth-order valence-corrected chi connectivity index (χ4v) is 7.68. The van der Waals surface area contributed by atoms with E-state index in [4.69, 9.17) is 9.16 Å². The summed E-state index contributed by atoms with van der Waals surface area (Å²) in [7, 11) is -0.995. The Bertz CT molecular complexity index is 655. The molecule has 0 saturated carbocycles. The average molecular weight is 406 g/mol. The molecule has 0 N–H and O–H groups in total. The van der Waals surface area contributed by atoms with E-state index >= 15 is 0 Å². The van der Waals surface area contributed by atoms with E-state index in [0.717, 1.165) is 10.8 Å². The van der Waals surface area contributed by atoms with Gasteiger partial charge in [0.05, 0.1) is 19.1 Å². The highest BCUT2D eigenvalue weighted by Gasteiger charge is 2.59. The van der Waals surface area contributed by atoms with Gasteiger partial charge in [-0.05, 0) is 42.8 Å². The number of fused-ring (bicyclic) bond motifs is 1. The lowest BCUT2D eigenvalue weighted by molar-refractivity contribution is -0.157. The smallest absolute Gasteiger partial charge is 0.355 e. The van der Waals surface area contributed by atoms with E-state index in [2.05, 4.69) is 33.9 Å². The van der Waals surface area contributed by atoms with Crippen molar-refractivity contribution in [1.29, 1.82) is 0 Å². The lowest BCUT2D eigenvalue weighted by atomic mass is 9.92. The van der Waals surface area contributed by atoms with Crippen LogP contribution in [0.15, 0.2) is 10.6 Å². The van der Waals surface area contributed by atoms with E-state index in [1.807, 2.05) is 6.92 Å². The van der Waals surface area contributed by atoms with Gasteiger partial charge >= 0.3 is 5.97 Å². The average Bonchev–Trinajstić information content (AvgIpc) is 2.45. The van der Waals surface area contributed by atoms with Crippen molar-refractivity contribution in [1.82, 2.24) is 4.90 Å². The Labute approximate surface area is 156 Å². The van der Waals surface area contributed by atoms with Gasteiger partial charge in [0.1, 0.15) is 20.9 Å². The van der Waals surface area contributed by atoms with E-state index < -0.39 is 35.4 Å². The van der Waals surface area contributed by atoms with E-state index in [1.165, 1.54) is 12.0 Å². The highest BCUT2D eigenvalue weighted by atomic mass is 33.1. The fraction of sp³-hybridized carbons (Fsp3) is 0.750. The Morgan fingerprint density at radius 2 is 1.92 bits per heavy atom. The maximum Gasteiger partial charge on any atom is 0.355 e. The molecular weight excluding hydrogens is 378 g/mol. The minimum atomic E-state index is -2.06. The first kappa shape index (κ1) is 20.7. The first-order valence-corrected chi connectivity index (χ1v) is 13.7. The van der Waals surface area contributed by atoms with Crippen molar-refractivity contribution in [2.24, 2.45) is 5.92 Å². The first-order valence-electron chi connectivity index (χ1n) is 8.22. The van der Waals surface area contributed by atoms with Crippen LogP contribution in [0.5, 0.6) is 0 Å². The summed E-state index contributed by atoms with van der Waals surface area (Å²) in [6.45, 7) is 14.2. The third-order valence-electron chi connectivity index (χ3n) is 5.23. The third kappa shape index (κ3) is 3.48. The number of allylic oxidation sites excluding steroid dienone is 1. The molecule has 2 heterocycles. The van der Waals surface area contributed by atoms with Crippen molar-refractivity contribution < 1.29 is 23.0 Å². The van der Waals surface area contributed by atoms with Crippen LogP contribution >= 0.6 is 10.8 Å². The van der Waals surface area contributed by atoms with Crippen LogP contribution in [0.3, 0.4) is 0 Å². The zero-order chi connectivity index (χ0) is 19.3. The number of esters is 1. The molecule has 2 aliphatic rings. The molecule has 0 radical (unpaired) electrons. The van der Waals surface area contributed by atoms with Gasteiger partial charge in [0, 0.05) is 4.91 Å². The van der Waals surface area contributed by atoms with Crippen molar-refractivity contribution in [2.75, 3.05) is 7.11 Å². The van der Waals surface area contributed by atoms with Crippen LogP contribution < -0.4 is 0 Å². The second kappa shape index (κ2) is 6.83. The summed E-state index contributed by atoms with van der Waals surface area (Å²) in [5.41, 5.74) is 0.206. The maximum absolute atomic E-state index is 12.8. The standard InChI is InChI=1S/C16H27NO5S2Si/c1-9(22-25(7,8)16(3,4)5)11-13(18)17-12(15(19)21-6)10(2)23-24(20)14(11)17/h9,11,14H,1-8H3/t9-,11+,14-,24?/m1/s1. The number of carbonyl (C=O) groups excluding carboxylic acids is 2. The maximum atomic E-state index is 12.8. The molecule has 0 aromatic heterocycles. The highest BCUT2D eigenvalue weighted by Crippen LogP contribution is 2.48. The van der Waals surface area contributed by atoms with Gasteiger partial charge in [-0.2, -0.15) is 0 Å². The lowest BCUT2D eigenvalue weighted by Crippen LogP contribution is -2.67. The summed E-state index contributed by atoms with van der Waals surface area (Å²) in [5.74, 6) is -1.30. The summed E-state index contributed by atoms with van der Waals surface area (Å²) >= 11 is 0. The molecule has 4 atom stereocenters. The first-order chi connectivity index (χ1) is 11.3. The quantitative estimate of drug-likeness (QED) is 0.310. The zero-order valence-electron chi connectivity index (χ0n) is 16.0. The van der Waals surface area contributed by atoms with Crippen molar-refractivity contribution in [2.45, 2.75) is 64.2 Å². The van der Waals surface area contributed by atoms with Gasteiger partial charge < -0.3 is 9.16 Å².